The molecule has 0 heterocycles. The Morgan fingerprint density at radius 2 is 1.45 bits per heavy atom. The highest BCUT2D eigenvalue weighted by Crippen LogP contribution is 2.29. The van der Waals surface area contributed by atoms with Crippen molar-refractivity contribution in [1.82, 2.24) is 0 Å². The van der Waals surface area contributed by atoms with Gasteiger partial charge in [0.05, 0.1) is 0 Å². The van der Waals surface area contributed by atoms with Gasteiger partial charge in [-0.25, -0.2) is 0 Å². The summed E-state index contributed by atoms with van der Waals surface area (Å²) in [4.78, 5) is 37.4. The third-order valence-corrected chi connectivity index (χ3v) is 4.05. The molecule has 0 atom stereocenters. The second-order valence-corrected chi connectivity index (χ2v) is 5.84. The molecule has 3 heteroatoms. The summed E-state index contributed by atoms with van der Waals surface area (Å²) in [5.41, 5.74) is 2.29. The summed E-state index contributed by atoms with van der Waals surface area (Å²) in [5, 5.41) is 0. The van der Waals surface area contributed by atoms with Crippen molar-refractivity contribution in [2.45, 2.75) is 20.3 Å². The predicted octanol–water partition coefficient (Wildman–Crippen LogP) is 3.23. The van der Waals surface area contributed by atoms with Crippen molar-refractivity contribution in [2.75, 3.05) is 0 Å². The molecule has 0 saturated carbocycles. The summed E-state index contributed by atoms with van der Waals surface area (Å²) in [5.74, 6) is -0.355. The number of hydrogen-bond acceptors (Lipinski definition) is 3. The molecule has 2 aromatic carbocycles. The molecule has 1 aliphatic rings. The largest absolute Gasteiger partial charge is 0.299 e. The van der Waals surface area contributed by atoms with Crippen molar-refractivity contribution in [1.29, 1.82) is 0 Å². The normalized spacial score (nSPS) is 13.0. The van der Waals surface area contributed by atoms with Crippen LogP contribution >= 0.6 is 0 Å². The minimum Gasteiger partial charge on any atom is -0.299 e. The second-order valence-electron chi connectivity index (χ2n) is 5.84. The average Bonchev–Trinajstić information content (AvgIpc) is 2.52. The van der Waals surface area contributed by atoms with E-state index in [4.69, 9.17) is 0 Å². The SMILES string of the molecule is CC(C)C(=O)Cc1cccc2c1C(=O)c1ccccc1C2=O. The third-order valence-electron chi connectivity index (χ3n) is 4.05. The van der Waals surface area contributed by atoms with E-state index >= 15 is 0 Å². The lowest BCUT2D eigenvalue weighted by Gasteiger charge is -2.20. The van der Waals surface area contributed by atoms with E-state index in [0.717, 1.165) is 0 Å². The Balaban J connectivity index is 2.15. The maximum atomic E-state index is 12.8. The van der Waals surface area contributed by atoms with E-state index in [1.807, 2.05) is 13.8 Å². The van der Waals surface area contributed by atoms with Crippen LogP contribution in [0.2, 0.25) is 0 Å². The molecule has 0 fully saturated rings. The number of ketones is 3. The van der Waals surface area contributed by atoms with Crippen molar-refractivity contribution in [2.24, 2.45) is 5.92 Å². The van der Waals surface area contributed by atoms with Crippen molar-refractivity contribution >= 4 is 17.3 Å². The molecular formula is C19H16O3. The topological polar surface area (TPSA) is 51.2 Å². The van der Waals surface area contributed by atoms with Gasteiger partial charge in [0.15, 0.2) is 11.6 Å². The van der Waals surface area contributed by atoms with Gasteiger partial charge in [-0.3, -0.25) is 14.4 Å². The van der Waals surface area contributed by atoms with Crippen molar-refractivity contribution in [3.8, 4) is 0 Å². The second kappa shape index (κ2) is 5.34. The van der Waals surface area contributed by atoms with Crippen LogP contribution in [0.25, 0.3) is 0 Å². The Morgan fingerprint density at radius 3 is 2.09 bits per heavy atom. The van der Waals surface area contributed by atoms with Gasteiger partial charge in [0.1, 0.15) is 5.78 Å². The summed E-state index contributed by atoms with van der Waals surface area (Å²) in [6.07, 6.45) is 0.183. The van der Waals surface area contributed by atoms with E-state index in [2.05, 4.69) is 0 Å². The van der Waals surface area contributed by atoms with Gasteiger partial charge in [-0.15, -0.1) is 0 Å². The first kappa shape index (κ1) is 14.4. The first-order valence-corrected chi connectivity index (χ1v) is 7.33. The van der Waals surface area contributed by atoms with Crippen molar-refractivity contribution in [3.05, 3.63) is 70.3 Å². The summed E-state index contributed by atoms with van der Waals surface area (Å²) in [7, 11) is 0. The van der Waals surface area contributed by atoms with Crippen LogP contribution < -0.4 is 0 Å². The first-order valence-electron chi connectivity index (χ1n) is 7.33. The molecule has 22 heavy (non-hydrogen) atoms. The van der Waals surface area contributed by atoms with Crippen LogP contribution in [0.4, 0.5) is 0 Å². The number of fused-ring (bicyclic) bond motifs is 2. The van der Waals surface area contributed by atoms with E-state index in [1.54, 1.807) is 42.5 Å². The fourth-order valence-corrected chi connectivity index (χ4v) is 2.76. The van der Waals surface area contributed by atoms with Gasteiger partial charge in [-0.1, -0.05) is 56.3 Å². The highest BCUT2D eigenvalue weighted by atomic mass is 16.1. The number of rotatable bonds is 3. The predicted molar refractivity (Wildman–Crippen MR) is 83.3 cm³/mol. The molecule has 0 N–H and O–H groups in total. The van der Waals surface area contributed by atoms with Crippen LogP contribution in [0.3, 0.4) is 0 Å². The van der Waals surface area contributed by atoms with Gasteiger partial charge in [-0.05, 0) is 5.56 Å². The lowest BCUT2D eigenvalue weighted by molar-refractivity contribution is -0.121. The van der Waals surface area contributed by atoms with Crippen LogP contribution in [0.5, 0.6) is 0 Å². The number of hydrogen-bond donors (Lipinski definition) is 0. The molecule has 0 aromatic heterocycles. The van der Waals surface area contributed by atoms with Gasteiger partial charge >= 0.3 is 0 Å². The van der Waals surface area contributed by atoms with Gasteiger partial charge in [0, 0.05) is 34.6 Å². The Hall–Kier alpha value is -2.55. The smallest absolute Gasteiger partial charge is 0.194 e. The fraction of sp³-hybridized carbons (Fsp3) is 0.211. The van der Waals surface area contributed by atoms with Gasteiger partial charge in [0.2, 0.25) is 0 Å². The Morgan fingerprint density at radius 1 is 0.864 bits per heavy atom. The van der Waals surface area contributed by atoms with Crippen molar-refractivity contribution < 1.29 is 14.4 Å². The zero-order valence-electron chi connectivity index (χ0n) is 12.6. The molecule has 110 valence electrons. The molecule has 0 bridgehead atoms. The van der Waals surface area contributed by atoms with E-state index in [9.17, 15) is 14.4 Å². The number of carbonyl (C=O) groups excluding carboxylic acids is 3. The Kier molecular flexibility index (Phi) is 3.49. The van der Waals surface area contributed by atoms with E-state index < -0.39 is 0 Å². The summed E-state index contributed by atoms with van der Waals surface area (Å²) >= 11 is 0. The Labute approximate surface area is 129 Å². The van der Waals surface area contributed by atoms with Crippen molar-refractivity contribution in [3.63, 3.8) is 0 Å². The molecule has 3 rings (SSSR count). The molecule has 3 nitrogen and oxygen atoms in total. The van der Waals surface area contributed by atoms with E-state index in [1.165, 1.54) is 0 Å². The molecule has 0 radical (unpaired) electrons. The number of Topliss-reactive ketones (excluding diaryl/α,β-unsaturated/α-hetero) is 1. The standard InChI is InChI=1S/C19H16O3/c1-11(2)16(20)10-12-6-5-9-15-17(12)19(22)14-8-4-3-7-13(14)18(15)21/h3-9,11H,10H2,1-2H3. The highest BCUT2D eigenvalue weighted by molar-refractivity contribution is 6.29. The summed E-state index contributed by atoms with van der Waals surface area (Å²) in [6, 6.07) is 12.0. The van der Waals surface area contributed by atoms with Crippen LogP contribution in [-0.4, -0.2) is 17.3 Å². The zero-order valence-corrected chi connectivity index (χ0v) is 12.6. The minimum absolute atomic E-state index is 0.0625. The molecule has 2 aromatic rings. The van der Waals surface area contributed by atoms with Crippen LogP contribution in [0.15, 0.2) is 42.5 Å². The average molecular weight is 292 g/mol. The molecule has 0 spiro atoms. The van der Waals surface area contributed by atoms with E-state index in [0.29, 0.717) is 27.8 Å². The number of carbonyl (C=O) groups is 3. The Bertz CT molecular complexity index is 800. The molecule has 0 aliphatic heterocycles. The molecule has 1 aliphatic carbocycles. The van der Waals surface area contributed by atoms with Gasteiger partial charge < -0.3 is 0 Å². The third kappa shape index (κ3) is 2.19. The highest BCUT2D eigenvalue weighted by Gasteiger charge is 2.31. The molecular weight excluding hydrogens is 276 g/mol. The van der Waals surface area contributed by atoms with Crippen LogP contribution in [0, 0.1) is 5.92 Å². The van der Waals surface area contributed by atoms with Crippen LogP contribution in [-0.2, 0) is 11.2 Å². The van der Waals surface area contributed by atoms with Gasteiger partial charge in [0.25, 0.3) is 0 Å². The quantitative estimate of drug-likeness (QED) is 0.744. The first-order chi connectivity index (χ1) is 10.5. The molecule has 0 amide bonds. The minimum atomic E-state index is -0.169. The lowest BCUT2D eigenvalue weighted by Crippen LogP contribution is -2.23. The zero-order chi connectivity index (χ0) is 15.9. The summed E-state index contributed by atoms with van der Waals surface area (Å²) in [6.45, 7) is 3.67. The van der Waals surface area contributed by atoms with Crippen LogP contribution in [0.1, 0.15) is 51.3 Å². The summed E-state index contributed by atoms with van der Waals surface area (Å²) < 4.78 is 0. The lowest BCUT2D eigenvalue weighted by atomic mass is 9.80. The number of benzene rings is 2. The molecule has 0 saturated heterocycles. The molecule has 0 unspecified atom stereocenters. The fourth-order valence-electron chi connectivity index (χ4n) is 2.76. The maximum Gasteiger partial charge on any atom is 0.194 e. The van der Waals surface area contributed by atoms with Gasteiger partial charge in [-0.2, -0.15) is 0 Å². The van der Waals surface area contributed by atoms with E-state index in [-0.39, 0.29) is 29.7 Å². The maximum absolute atomic E-state index is 12.8. The monoisotopic (exact) mass is 292 g/mol.